The van der Waals surface area contributed by atoms with Crippen molar-refractivity contribution in [2.24, 2.45) is 11.8 Å². The molecule has 0 radical (unpaired) electrons. The molecule has 19 heavy (non-hydrogen) atoms. The average Bonchev–Trinajstić information content (AvgIpc) is 2.43. The van der Waals surface area contributed by atoms with Crippen LogP contribution in [0.2, 0.25) is 0 Å². The van der Waals surface area contributed by atoms with Gasteiger partial charge in [-0.25, -0.2) is 0 Å². The van der Waals surface area contributed by atoms with Gasteiger partial charge in [-0.05, 0) is 55.3 Å². The van der Waals surface area contributed by atoms with Crippen LogP contribution < -0.4 is 5.32 Å². The van der Waals surface area contributed by atoms with E-state index in [0.717, 1.165) is 13.1 Å². The monoisotopic (exact) mass is 325 g/mol. The van der Waals surface area contributed by atoms with Crippen LogP contribution in [0.1, 0.15) is 36.8 Å². The van der Waals surface area contributed by atoms with Crippen LogP contribution in [0.4, 0.5) is 0 Å². The third kappa shape index (κ3) is 4.30. The lowest BCUT2D eigenvalue weighted by Crippen LogP contribution is -2.32. The predicted molar refractivity (Wildman–Crippen MR) is 83.1 cm³/mol. The molecule has 2 unspecified atom stereocenters. The van der Waals surface area contributed by atoms with Crippen molar-refractivity contribution in [3.8, 4) is 0 Å². The molecule has 1 aliphatic rings. The largest absolute Gasteiger partial charge is 0.396 e. The van der Waals surface area contributed by atoms with E-state index in [4.69, 9.17) is 0 Å². The van der Waals surface area contributed by atoms with E-state index in [1.807, 2.05) is 0 Å². The minimum absolute atomic E-state index is 0.350. The van der Waals surface area contributed by atoms with Gasteiger partial charge in [0.25, 0.3) is 0 Å². The molecule has 2 nitrogen and oxygen atoms in total. The quantitative estimate of drug-likeness (QED) is 0.866. The first-order valence-electron chi connectivity index (χ1n) is 7.27. The maximum absolute atomic E-state index is 9.41. The van der Waals surface area contributed by atoms with Crippen LogP contribution in [0.15, 0.2) is 22.7 Å². The lowest BCUT2D eigenvalue weighted by molar-refractivity contribution is 0.133. The third-order valence-electron chi connectivity index (χ3n) is 4.27. The second-order valence-electron chi connectivity index (χ2n) is 5.70. The molecule has 3 heteroatoms. The van der Waals surface area contributed by atoms with Gasteiger partial charge in [0.05, 0.1) is 0 Å². The zero-order chi connectivity index (χ0) is 13.7. The molecule has 1 aliphatic carbocycles. The fourth-order valence-electron chi connectivity index (χ4n) is 2.94. The maximum atomic E-state index is 9.41. The van der Waals surface area contributed by atoms with Gasteiger partial charge in [0.15, 0.2) is 0 Å². The zero-order valence-corrected chi connectivity index (χ0v) is 13.2. The molecule has 106 valence electrons. The summed E-state index contributed by atoms with van der Waals surface area (Å²) in [7, 11) is 0. The van der Waals surface area contributed by atoms with Crippen molar-refractivity contribution in [1.82, 2.24) is 5.32 Å². The maximum Gasteiger partial charge on any atom is 0.0462 e. The number of aryl methyl sites for hydroxylation is 1. The van der Waals surface area contributed by atoms with Crippen molar-refractivity contribution in [3.05, 3.63) is 33.8 Å². The molecule has 1 aromatic carbocycles. The second-order valence-corrected chi connectivity index (χ2v) is 6.56. The SMILES string of the molecule is Cc1ccc(CNCC2CCCCC2CO)cc1Br. The second kappa shape index (κ2) is 7.41. The Labute approximate surface area is 124 Å². The minimum atomic E-state index is 0.350. The summed E-state index contributed by atoms with van der Waals surface area (Å²) in [6.45, 7) is 4.39. The van der Waals surface area contributed by atoms with Crippen molar-refractivity contribution >= 4 is 15.9 Å². The fraction of sp³-hybridized carbons (Fsp3) is 0.625. The van der Waals surface area contributed by atoms with Gasteiger partial charge in [-0.3, -0.25) is 0 Å². The van der Waals surface area contributed by atoms with Gasteiger partial charge >= 0.3 is 0 Å². The highest BCUT2D eigenvalue weighted by atomic mass is 79.9. The van der Waals surface area contributed by atoms with Gasteiger partial charge in [-0.1, -0.05) is 40.9 Å². The van der Waals surface area contributed by atoms with E-state index in [2.05, 4.69) is 46.4 Å². The number of aliphatic hydroxyl groups excluding tert-OH is 1. The summed E-state index contributed by atoms with van der Waals surface area (Å²) in [6, 6.07) is 6.52. The normalized spacial score (nSPS) is 23.5. The Hall–Kier alpha value is -0.380. The fourth-order valence-corrected chi connectivity index (χ4v) is 3.37. The van der Waals surface area contributed by atoms with Crippen LogP contribution in [0.3, 0.4) is 0 Å². The first kappa shape index (κ1) is 15.0. The molecule has 0 amide bonds. The van der Waals surface area contributed by atoms with Crippen molar-refractivity contribution < 1.29 is 5.11 Å². The van der Waals surface area contributed by atoms with Gasteiger partial charge in [0, 0.05) is 17.6 Å². The Morgan fingerprint density at radius 2 is 2.00 bits per heavy atom. The molecule has 2 atom stereocenters. The van der Waals surface area contributed by atoms with Gasteiger partial charge < -0.3 is 10.4 Å². The summed E-state index contributed by atoms with van der Waals surface area (Å²) in [5.41, 5.74) is 2.59. The molecule has 0 saturated heterocycles. The first-order chi connectivity index (χ1) is 9.20. The minimum Gasteiger partial charge on any atom is -0.396 e. The van der Waals surface area contributed by atoms with Crippen molar-refractivity contribution in [2.75, 3.05) is 13.2 Å². The Bertz CT molecular complexity index is 408. The summed E-state index contributed by atoms with van der Waals surface area (Å²) < 4.78 is 1.18. The molecule has 2 rings (SSSR count). The van der Waals surface area contributed by atoms with Gasteiger partial charge in [-0.2, -0.15) is 0 Å². The summed E-state index contributed by atoms with van der Waals surface area (Å²) in [5.74, 6) is 1.15. The zero-order valence-electron chi connectivity index (χ0n) is 11.7. The van der Waals surface area contributed by atoms with Gasteiger partial charge in [0.1, 0.15) is 0 Å². The number of rotatable bonds is 5. The molecule has 0 aliphatic heterocycles. The molecule has 1 fully saturated rings. The summed E-state index contributed by atoms with van der Waals surface area (Å²) in [6.07, 6.45) is 5.06. The van der Waals surface area contributed by atoms with Gasteiger partial charge in [-0.15, -0.1) is 0 Å². The van der Waals surface area contributed by atoms with Crippen molar-refractivity contribution in [2.45, 2.75) is 39.2 Å². The van der Waals surface area contributed by atoms with Crippen LogP contribution in [0.25, 0.3) is 0 Å². The number of hydrogen-bond donors (Lipinski definition) is 2. The van der Waals surface area contributed by atoms with Crippen LogP contribution in [0, 0.1) is 18.8 Å². The molecule has 0 spiro atoms. The van der Waals surface area contributed by atoms with E-state index in [0.29, 0.717) is 18.4 Å². The number of nitrogens with one attached hydrogen (secondary N) is 1. The average molecular weight is 326 g/mol. The standard InChI is InChI=1S/C16H24BrNO/c1-12-6-7-13(8-16(12)17)9-18-10-14-4-2-3-5-15(14)11-19/h6-8,14-15,18-19H,2-5,9-11H2,1H3. The van der Waals surface area contributed by atoms with Crippen LogP contribution >= 0.6 is 15.9 Å². The Morgan fingerprint density at radius 1 is 1.26 bits per heavy atom. The number of hydrogen-bond acceptors (Lipinski definition) is 2. The van der Waals surface area contributed by atoms with E-state index in [1.54, 1.807) is 0 Å². The van der Waals surface area contributed by atoms with E-state index < -0.39 is 0 Å². The van der Waals surface area contributed by atoms with E-state index in [1.165, 1.54) is 41.3 Å². The number of benzene rings is 1. The molecule has 0 bridgehead atoms. The van der Waals surface area contributed by atoms with E-state index in [-0.39, 0.29) is 0 Å². The molecular formula is C16H24BrNO. The molecule has 0 aromatic heterocycles. The summed E-state index contributed by atoms with van der Waals surface area (Å²) in [5, 5.41) is 13.0. The smallest absolute Gasteiger partial charge is 0.0462 e. The van der Waals surface area contributed by atoms with Crippen molar-refractivity contribution in [1.29, 1.82) is 0 Å². The lowest BCUT2D eigenvalue weighted by Gasteiger charge is -2.30. The Kier molecular flexibility index (Phi) is 5.86. The topological polar surface area (TPSA) is 32.3 Å². The Morgan fingerprint density at radius 3 is 2.68 bits per heavy atom. The van der Waals surface area contributed by atoms with Crippen molar-refractivity contribution in [3.63, 3.8) is 0 Å². The van der Waals surface area contributed by atoms with E-state index in [9.17, 15) is 5.11 Å². The van der Waals surface area contributed by atoms with E-state index >= 15 is 0 Å². The highest BCUT2D eigenvalue weighted by Crippen LogP contribution is 2.29. The lowest BCUT2D eigenvalue weighted by atomic mass is 9.79. The highest BCUT2D eigenvalue weighted by molar-refractivity contribution is 9.10. The first-order valence-corrected chi connectivity index (χ1v) is 8.06. The highest BCUT2D eigenvalue weighted by Gasteiger charge is 2.23. The van der Waals surface area contributed by atoms with Crippen LogP contribution in [0.5, 0.6) is 0 Å². The molecule has 1 aromatic rings. The number of aliphatic hydroxyl groups is 1. The predicted octanol–water partition coefficient (Wildman–Crippen LogP) is 3.65. The number of halogens is 1. The summed E-state index contributed by atoms with van der Waals surface area (Å²) >= 11 is 3.57. The molecule has 2 N–H and O–H groups in total. The molecular weight excluding hydrogens is 302 g/mol. The third-order valence-corrected chi connectivity index (χ3v) is 5.13. The van der Waals surface area contributed by atoms with Crippen LogP contribution in [-0.4, -0.2) is 18.3 Å². The van der Waals surface area contributed by atoms with Crippen LogP contribution in [-0.2, 0) is 6.54 Å². The van der Waals surface area contributed by atoms with Gasteiger partial charge in [0.2, 0.25) is 0 Å². The summed E-state index contributed by atoms with van der Waals surface area (Å²) in [4.78, 5) is 0. The molecule has 1 saturated carbocycles. The molecule has 0 heterocycles. The Balaban J connectivity index is 1.80.